The number of amides is 1. The largest absolute Gasteiger partial charge is 0.341 e. The molecule has 1 heterocycles. The zero-order valence-electron chi connectivity index (χ0n) is 7.20. The molecule has 1 amide bonds. The molecule has 0 aliphatic carbocycles. The van der Waals surface area contributed by atoms with E-state index in [1.54, 1.807) is 0 Å². The minimum absolute atomic E-state index is 0.0599. The second-order valence-corrected chi connectivity index (χ2v) is 3.54. The van der Waals surface area contributed by atoms with Crippen LogP contribution in [-0.4, -0.2) is 35.7 Å². The van der Waals surface area contributed by atoms with Gasteiger partial charge in [0.2, 0.25) is 5.91 Å². The Morgan fingerprint density at radius 1 is 1.42 bits per heavy atom. The summed E-state index contributed by atoms with van der Waals surface area (Å²) in [5.74, 6) is 0.500. The van der Waals surface area contributed by atoms with Gasteiger partial charge in [-0.05, 0) is 19.3 Å². The molecule has 70 valence electrons. The van der Waals surface area contributed by atoms with Crippen LogP contribution in [0.2, 0.25) is 0 Å². The van der Waals surface area contributed by atoms with Crippen LogP contribution in [0.5, 0.6) is 0 Å². The number of thiol groups is 1. The molecule has 1 aliphatic heterocycles. The lowest BCUT2D eigenvalue weighted by molar-refractivity contribution is -0.132. The maximum atomic E-state index is 11.5. The van der Waals surface area contributed by atoms with Crippen LogP contribution in [0.3, 0.4) is 0 Å². The summed E-state index contributed by atoms with van der Waals surface area (Å²) in [4.78, 5) is 13.3. The summed E-state index contributed by atoms with van der Waals surface area (Å²) in [7, 11) is 0. The zero-order chi connectivity index (χ0) is 8.97. The van der Waals surface area contributed by atoms with Gasteiger partial charge >= 0.3 is 0 Å². The summed E-state index contributed by atoms with van der Waals surface area (Å²) in [5, 5.41) is 0. The molecule has 1 atom stereocenters. The van der Waals surface area contributed by atoms with Crippen molar-refractivity contribution in [1.29, 1.82) is 0 Å². The van der Waals surface area contributed by atoms with Gasteiger partial charge < -0.3 is 10.6 Å². The van der Waals surface area contributed by atoms with Gasteiger partial charge in [-0.3, -0.25) is 4.79 Å². The molecule has 1 aliphatic rings. The number of hydrogen-bond donors (Lipinski definition) is 2. The van der Waals surface area contributed by atoms with E-state index in [9.17, 15) is 4.79 Å². The van der Waals surface area contributed by atoms with Crippen molar-refractivity contribution in [2.45, 2.75) is 25.3 Å². The van der Waals surface area contributed by atoms with Gasteiger partial charge in [0, 0.05) is 18.8 Å². The Bertz CT molecular complexity index is 157. The van der Waals surface area contributed by atoms with Gasteiger partial charge in [0.15, 0.2) is 0 Å². The van der Waals surface area contributed by atoms with E-state index in [1.807, 2.05) is 4.90 Å². The van der Waals surface area contributed by atoms with E-state index >= 15 is 0 Å². The fourth-order valence-corrected chi connectivity index (χ4v) is 1.58. The molecule has 0 aromatic heterocycles. The normalized spacial score (nSPS) is 20.7. The second-order valence-electron chi connectivity index (χ2n) is 3.18. The predicted octanol–water partition coefficient (Wildman–Crippen LogP) is 0.256. The quantitative estimate of drug-likeness (QED) is 0.610. The minimum Gasteiger partial charge on any atom is -0.341 e. The van der Waals surface area contributed by atoms with E-state index in [1.165, 1.54) is 6.42 Å². The number of carbonyl (C=O) groups is 1. The zero-order valence-corrected chi connectivity index (χ0v) is 8.09. The molecule has 1 rings (SSSR count). The standard InChI is InChI=1S/C8H16N2OS/c9-7(6-12)8(11)10-4-2-1-3-5-10/h7,12H,1-6,9H2/t7-/m0/s1. The molecule has 0 radical (unpaired) electrons. The highest BCUT2D eigenvalue weighted by atomic mass is 32.1. The molecule has 0 unspecified atom stereocenters. The minimum atomic E-state index is -0.411. The first-order chi connectivity index (χ1) is 5.75. The molecule has 0 saturated carbocycles. The van der Waals surface area contributed by atoms with Crippen LogP contribution >= 0.6 is 12.6 Å². The van der Waals surface area contributed by atoms with Crippen molar-refractivity contribution in [1.82, 2.24) is 4.90 Å². The van der Waals surface area contributed by atoms with Gasteiger partial charge in [0.05, 0.1) is 6.04 Å². The Balaban J connectivity index is 2.39. The number of likely N-dealkylation sites (tertiary alicyclic amines) is 1. The summed E-state index contributed by atoms with van der Waals surface area (Å²) in [6, 6.07) is -0.411. The molecule has 0 spiro atoms. The maximum Gasteiger partial charge on any atom is 0.240 e. The predicted molar refractivity (Wildman–Crippen MR) is 52.3 cm³/mol. The number of nitrogens with zero attached hydrogens (tertiary/aromatic N) is 1. The fraction of sp³-hybridized carbons (Fsp3) is 0.875. The van der Waals surface area contributed by atoms with Gasteiger partial charge in [0.25, 0.3) is 0 Å². The molecule has 1 fully saturated rings. The lowest BCUT2D eigenvalue weighted by atomic mass is 10.1. The van der Waals surface area contributed by atoms with E-state index in [4.69, 9.17) is 5.73 Å². The number of rotatable bonds is 2. The number of hydrogen-bond acceptors (Lipinski definition) is 3. The molecule has 0 bridgehead atoms. The van der Waals surface area contributed by atoms with Gasteiger partial charge in [-0.2, -0.15) is 12.6 Å². The van der Waals surface area contributed by atoms with Crippen LogP contribution in [0.4, 0.5) is 0 Å². The summed E-state index contributed by atoms with van der Waals surface area (Å²) in [6.45, 7) is 1.75. The van der Waals surface area contributed by atoms with E-state index in [2.05, 4.69) is 12.6 Å². The molecule has 12 heavy (non-hydrogen) atoms. The SMILES string of the molecule is N[C@@H](CS)C(=O)N1CCCCC1. The molecule has 0 aromatic rings. The van der Waals surface area contributed by atoms with Gasteiger partial charge in [0.1, 0.15) is 0 Å². The van der Waals surface area contributed by atoms with E-state index in [0.717, 1.165) is 25.9 Å². The third-order valence-corrected chi connectivity index (χ3v) is 2.58. The maximum absolute atomic E-state index is 11.5. The van der Waals surface area contributed by atoms with Crippen LogP contribution < -0.4 is 5.73 Å². The summed E-state index contributed by atoms with van der Waals surface area (Å²) in [5.41, 5.74) is 5.58. The van der Waals surface area contributed by atoms with Crippen LogP contribution in [-0.2, 0) is 4.79 Å². The Morgan fingerprint density at radius 3 is 2.50 bits per heavy atom. The molecular formula is C8H16N2OS. The number of piperidine rings is 1. The van der Waals surface area contributed by atoms with Crippen molar-refractivity contribution >= 4 is 18.5 Å². The Morgan fingerprint density at radius 2 is 2.00 bits per heavy atom. The summed E-state index contributed by atoms with van der Waals surface area (Å²) < 4.78 is 0. The average Bonchev–Trinajstić information content (AvgIpc) is 2.17. The molecule has 4 heteroatoms. The molecule has 2 N–H and O–H groups in total. The van der Waals surface area contributed by atoms with Crippen LogP contribution in [0.1, 0.15) is 19.3 Å². The Hall–Kier alpha value is -0.220. The fourth-order valence-electron chi connectivity index (χ4n) is 1.43. The van der Waals surface area contributed by atoms with E-state index < -0.39 is 6.04 Å². The Kier molecular flexibility index (Phi) is 3.88. The summed E-state index contributed by atoms with van der Waals surface area (Å²) >= 11 is 4.00. The highest BCUT2D eigenvalue weighted by Crippen LogP contribution is 2.09. The van der Waals surface area contributed by atoms with Crippen LogP contribution in [0.15, 0.2) is 0 Å². The molecule has 3 nitrogen and oxygen atoms in total. The lowest BCUT2D eigenvalue weighted by Crippen LogP contribution is -2.46. The first-order valence-corrected chi connectivity index (χ1v) is 5.04. The summed E-state index contributed by atoms with van der Waals surface area (Å²) in [6.07, 6.45) is 3.47. The topological polar surface area (TPSA) is 46.3 Å². The molecular weight excluding hydrogens is 172 g/mol. The van der Waals surface area contributed by atoms with Crippen molar-refractivity contribution in [3.63, 3.8) is 0 Å². The second kappa shape index (κ2) is 4.72. The van der Waals surface area contributed by atoms with Gasteiger partial charge in [-0.25, -0.2) is 0 Å². The lowest BCUT2D eigenvalue weighted by Gasteiger charge is -2.28. The third-order valence-electron chi connectivity index (χ3n) is 2.18. The smallest absolute Gasteiger partial charge is 0.240 e. The van der Waals surface area contributed by atoms with Crippen molar-refractivity contribution in [2.75, 3.05) is 18.8 Å². The van der Waals surface area contributed by atoms with Gasteiger partial charge in [-0.1, -0.05) is 0 Å². The van der Waals surface area contributed by atoms with E-state index in [-0.39, 0.29) is 5.91 Å². The molecule has 0 aromatic carbocycles. The van der Waals surface area contributed by atoms with Crippen molar-refractivity contribution < 1.29 is 4.79 Å². The van der Waals surface area contributed by atoms with Crippen molar-refractivity contribution in [2.24, 2.45) is 5.73 Å². The third kappa shape index (κ3) is 2.38. The monoisotopic (exact) mass is 188 g/mol. The van der Waals surface area contributed by atoms with Crippen LogP contribution in [0, 0.1) is 0 Å². The van der Waals surface area contributed by atoms with Gasteiger partial charge in [-0.15, -0.1) is 0 Å². The Labute approximate surface area is 78.7 Å². The van der Waals surface area contributed by atoms with Crippen molar-refractivity contribution in [3.8, 4) is 0 Å². The number of carbonyl (C=O) groups excluding carboxylic acids is 1. The van der Waals surface area contributed by atoms with Crippen molar-refractivity contribution in [3.05, 3.63) is 0 Å². The van der Waals surface area contributed by atoms with E-state index in [0.29, 0.717) is 5.75 Å². The first-order valence-electron chi connectivity index (χ1n) is 4.41. The average molecular weight is 188 g/mol. The first kappa shape index (κ1) is 9.86. The van der Waals surface area contributed by atoms with Crippen LogP contribution in [0.25, 0.3) is 0 Å². The highest BCUT2D eigenvalue weighted by Gasteiger charge is 2.20. The molecule has 1 saturated heterocycles. The number of nitrogens with two attached hydrogens (primary N) is 1. The highest BCUT2D eigenvalue weighted by molar-refractivity contribution is 7.80.